The molecule has 6 nitrogen and oxygen atoms in total. The Hall–Kier alpha value is -3.10. The first-order chi connectivity index (χ1) is 15.6. The number of tetrazole rings is 1. The van der Waals surface area contributed by atoms with E-state index in [2.05, 4.69) is 34.5 Å². The summed E-state index contributed by atoms with van der Waals surface area (Å²) in [4.78, 5) is 0. The molecule has 2 aromatic carbocycles. The molecule has 178 valence electrons. The van der Waals surface area contributed by atoms with Crippen molar-refractivity contribution in [1.29, 1.82) is 0 Å². The van der Waals surface area contributed by atoms with Crippen LogP contribution in [0, 0.1) is 0 Å². The third-order valence-corrected chi connectivity index (χ3v) is 5.71. The molecule has 33 heavy (non-hydrogen) atoms. The molecule has 0 saturated carbocycles. The largest absolute Gasteiger partial charge is 0.507 e. The highest BCUT2D eigenvalue weighted by Crippen LogP contribution is 2.38. The van der Waals surface area contributed by atoms with E-state index in [0.29, 0.717) is 35.7 Å². The maximum atomic E-state index is 13.1. The monoisotopic (exact) mass is 462 g/mol. The van der Waals surface area contributed by atoms with Crippen molar-refractivity contribution in [2.24, 2.45) is 0 Å². The quantitative estimate of drug-likeness (QED) is 0.357. The van der Waals surface area contributed by atoms with Crippen molar-refractivity contribution < 1.29 is 23.0 Å². The van der Waals surface area contributed by atoms with Gasteiger partial charge in [-0.05, 0) is 48.6 Å². The highest BCUT2D eigenvalue weighted by Gasteiger charge is 2.30. The average Bonchev–Trinajstić information content (AvgIpc) is 3.32. The van der Waals surface area contributed by atoms with Crippen molar-refractivity contribution in [3.8, 4) is 22.6 Å². The summed E-state index contributed by atoms with van der Waals surface area (Å²) in [7, 11) is 0. The molecule has 0 aliphatic carbocycles. The van der Waals surface area contributed by atoms with E-state index in [4.69, 9.17) is 4.74 Å². The van der Waals surface area contributed by atoms with E-state index in [9.17, 15) is 18.3 Å². The highest BCUT2D eigenvalue weighted by atomic mass is 19.4. The van der Waals surface area contributed by atoms with Gasteiger partial charge in [0, 0.05) is 17.0 Å². The molecule has 0 aliphatic heterocycles. The van der Waals surface area contributed by atoms with Gasteiger partial charge in [0.05, 0.1) is 12.2 Å². The van der Waals surface area contributed by atoms with E-state index < -0.39 is 11.7 Å². The fourth-order valence-electron chi connectivity index (χ4n) is 3.71. The Labute approximate surface area is 191 Å². The van der Waals surface area contributed by atoms with E-state index in [-0.39, 0.29) is 11.2 Å². The number of aryl methyl sites for hydroxylation is 1. The first kappa shape index (κ1) is 24.5. The molecule has 0 radical (unpaired) electrons. The number of alkyl halides is 3. The summed E-state index contributed by atoms with van der Waals surface area (Å²) in [6, 6.07) is 8.16. The minimum Gasteiger partial charge on any atom is -0.507 e. The molecular formula is C24H29F3N4O2. The third kappa shape index (κ3) is 6.24. The smallest absolute Gasteiger partial charge is 0.416 e. The van der Waals surface area contributed by atoms with Crippen LogP contribution in [-0.2, 0) is 18.0 Å². The van der Waals surface area contributed by atoms with Crippen LogP contribution in [0.1, 0.15) is 63.4 Å². The number of aromatic amines is 1. The molecule has 0 spiro atoms. The number of aromatic hydroxyl groups is 1. The molecule has 3 aromatic rings. The summed E-state index contributed by atoms with van der Waals surface area (Å²) in [6.07, 6.45) is -0.132. The minimum absolute atomic E-state index is 0.108. The van der Waals surface area contributed by atoms with Gasteiger partial charge in [0.1, 0.15) is 11.5 Å². The molecule has 1 heterocycles. The molecule has 0 fully saturated rings. The van der Waals surface area contributed by atoms with Crippen LogP contribution in [0.4, 0.5) is 13.2 Å². The van der Waals surface area contributed by atoms with Gasteiger partial charge in [-0.1, -0.05) is 51.0 Å². The van der Waals surface area contributed by atoms with Gasteiger partial charge >= 0.3 is 6.18 Å². The standard InChI is InChI=1S/C24H29F3N4O2/c1-4-16-14-19(17-9-8-10-18(13-17)24(25,26)27)20(32)15-21(16)33-12-7-5-6-11-23(2,3)22-28-30-31-29-22/h8-10,13-15,32H,4-7,11-12H2,1-3H3,(H,28,29,30,31). The third-order valence-electron chi connectivity index (χ3n) is 5.71. The Balaban J connectivity index is 1.59. The molecule has 3 rings (SSSR count). The number of H-pyrrole nitrogens is 1. The van der Waals surface area contributed by atoms with Gasteiger partial charge in [-0.3, -0.25) is 0 Å². The first-order valence-corrected chi connectivity index (χ1v) is 11.0. The molecule has 2 N–H and O–H groups in total. The van der Waals surface area contributed by atoms with Crippen molar-refractivity contribution in [3.63, 3.8) is 0 Å². The fraction of sp³-hybridized carbons (Fsp3) is 0.458. The van der Waals surface area contributed by atoms with Crippen molar-refractivity contribution in [1.82, 2.24) is 20.6 Å². The van der Waals surface area contributed by atoms with E-state index in [1.165, 1.54) is 12.1 Å². The second kappa shape index (κ2) is 10.2. The second-order valence-electron chi connectivity index (χ2n) is 8.69. The van der Waals surface area contributed by atoms with E-state index in [0.717, 1.165) is 43.4 Å². The Morgan fingerprint density at radius 3 is 2.52 bits per heavy atom. The number of nitrogens with one attached hydrogen (secondary N) is 1. The van der Waals surface area contributed by atoms with E-state index >= 15 is 0 Å². The second-order valence-corrected chi connectivity index (χ2v) is 8.69. The van der Waals surface area contributed by atoms with Crippen LogP contribution >= 0.6 is 0 Å². The summed E-state index contributed by atoms with van der Waals surface area (Å²) in [5.41, 5.74) is 0.592. The van der Waals surface area contributed by atoms with Crippen LogP contribution in [0.25, 0.3) is 11.1 Å². The number of ether oxygens (including phenoxy) is 1. The lowest BCUT2D eigenvalue weighted by atomic mass is 9.86. The van der Waals surface area contributed by atoms with Crippen molar-refractivity contribution in [2.45, 2.75) is 64.5 Å². The molecule has 9 heteroatoms. The van der Waals surface area contributed by atoms with Gasteiger partial charge in [-0.15, -0.1) is 10.2 Å². The number of phenolic OH excluding ortho intramolecular Hbond substituents is 1. The maximum Gasteiger partial charge on any atom is 0.416 e. The Morgan fingerprint density at radius 1 is 1.06 bits per heavy atom. The number of hydrogen-bond donors (Lipinski definition) is 2. The summed E-state index contributed by atoms with van der Waals surface area (Å²) >= 11 is 0. The Bertz CT molecular complexity index is 1050. The van der Waals surface area contributed by atoms with Gasteiger partial charge in [0.2, 0.25) is 0 Å². The van der Waals surface area contributed by atoms with Crippen LogP contribution in [0.2, 0.25) is 0 Å². The topological polar surface area (TPSA) is 83.9 Å². The van der Waals surface area contributed by atoms with Crippen LogP contribution in [-0.4, -0.2) is 32.3 Å². The highest BCUT2D eigenvalue weighted by molar-refractivity contribution is 5.73. The normalized spacial score (nSPS) is 12.2. The lowest BCUT2D eigenvalue weighted by Crippen LogP contribution is -2.19. The predicted molar refractivity (Wildman–Crippen MR) is 119 cm³/mol. The van der Waals surface area contributed by atoms with Crippen molar-refractivity contribution >= 4 is 0 Å². The van der Waals surface area contributed by atoms with Crippen molar-refractivity contribution in [2.75, 3.05) is 6.61 Å². The average molecular weight is 463 g/mol. The molecule has 0 bridgehead atoms. The molecule has 0 saturated heterocycles. The number of nitrogens with zero attached hydrogens (tertiary/aromatic N) is 3. The molecule has 1 aromatic heterocycles. The molecule has 0 amide bonds. The van der Waals surface area contributed by atoms with Gasteiger partial charge in [0.15, 0.2) is 5.82 Å². The van der Waals surface area contributed by atoms with Gasteiger partial charge in [0.25, 0.3) is 0 Å². The number of halogens is 3. The summed E-state index contributed by atoms with van der Waals surface area (Å²) in [5, 5.41) is 24.7. The molecule has 0 unspecified atom stereocenters. The van der Waals surface area contributed by atoms with Crippen LogP contribution in [0.15, 0.2) is 36.4 Å². The number of phenols is 1. The number of benzene rings is 2. The van der Waals surface area contributed by atoms with E-state index in [1.54, 1.807) is 12.1 Å². The van der Waals surface area contributed by atoms with Gasteiger partial charge in [-0.25, -0.2) is 0 Å². The number of rotatable bonds is 10. The number of unbranched alkanes of at least 4 members (excludes halogenated alkanes) is 2. The zero-order chi connectivity index (χ0) is 24.1. The fourth-order valence-corrected chi connectivity index (χ4v) is 3.71. The van der Waals surface area contributed by atoms with Crippen molar-refractivity contribution in [3.05, 3.63) is 53.3 Å². The van der Waals surface area contributed by atoms with Crippen LogP contribution in [0.5, 0.6) is 11.5 Å². The zero-order valence-electron chi connectivity index (χ0n) is 19.0. The summed E-state index contributed by atoms with van der Waals surface area (Å²) < 4.78 is 45.1. The Morgan fingerprint density at radius 2 is 1.85 bits per heavy atom. The number of hydrogen-bond acceptors (Lipinski definition) is 5. The summed E-state index contributed by atoms with van der Waals surface area (Å²) in [5.74, 6) is 1.14. The summed E-state index contributed by atoms with van der Waals surface area (Å²) in [6.45, 7) is 6.58. The lowest BCUT2D eigenvalue weighted by Gasteiger charge is -2.20. The predicted octanol–water partition coefficient (Wildman–Crippen LogP) is 6.07. The van der Waals surface area contributed by atoms with Crippen LogP contribution < -0.4 is 4.74 Å². The van der Waals surface area contributed by atoms with Crippen LogP contribution in [0.3, 0.4) is 0 Å². The molecule has 0 aliphatic rings. The SMILES string of the molecule is CCc1cc(-c2cccc(C(F)(F)F)c2)c(O)cc1OCCCCCC(C)(C)c1nn[nH]n1. The first-order valence-electron chi connectivity index (χ1n) is 11.0. The van der Waals surface area contributed by atoms with Gasteiger partial charge in [-0.2, -0.15) is 18.4 Å². The maximum absolute atomic E-state index is 13.1. The Kier molecular flexibility index (Phi) is 7.61. The van der Waals surface area contributed by atoms with E-state index in [1.807, 2.05) is 6.92 Å². The van der Waals surface area contributed by atoms with Gasteiger partial charge < -0.3 is 9.84 Å². The lowest BCUT2D eigenvalue weighted by molar-refractivity contribution is -0.137. The zero-order valence-corrected chi connectivity index (χ0v) is 19.0. The molecular weight excluding hydrogens is 433 g/mol. The minimum atomic E-state index is -4.44. The molecule has 0 atom stereocenters. The number of aromatic nitrogens is 4.